The molecule has 0 atom stereocenters. The zero-order valence-electron chi connectivity index (χ0n) is 29.3. The topological polar surface area (TPSA) is 59.1 Å². The summed E-state index contributed by atoms with van der Waals surface area (Å²) in [6.07, 6.45) is 32.6. The Hall–Kier alpha value is -1.66. The van der Waals surface area contributed by atoms with Gasteiger partial charge in [-0.25, -0.2) is 0 Å². The number of amides is 2. The Morgan fingerprint density at radius 1 is 0.488 bits per heavy atom. The Morgan fingerprint density at radius 2 is 0.767 bits per heavy atom. The van der Waals surface area contributed by atoms with Gasteiger partial charge in [0.15, 0.2) is 0 Å². The third-order valence-electron chi connectivity index (χ3n) is 8.02. The van der Waals surface area contributed by atoms with Crippen LogP contribution < -0.4 is 0 Å². The molecule has 6 nitrogen and oxygen atoms in total. The molecule has 0 spiro atoms. The van der Waals surface area contributed by atoms with Crippen molar-refractivity contribution >= 4 is 11.8 Å². The van der Waals surface area contributed by atoms with Gasteiger partial charge in [0, 0.05) is 53.6 Å². The molecule has 0 saturated carbocycles. The van der Waals surface area contributed by atoms with Gasteiger partial charge >= 0.3 is 0 Å². The van der Waals surface area contributed by atoms with Crippen molar-refractivity contribution in [2.24, 2.45) is 5.41 Å². The zero-order chi connectivity index (χ0) is 32.0. The maximum atomic E-state index is 12.4. The molecule has 0 bridgehead atoms. The summed E-state index contributed by atoms with van der Waals surface area (Å²) in [6, 6.07) is 0. The second-order valence-corrected chi connectivity index (χ2v) is 12.8. The van der Waals surface area contributed by atoms with E-state index in [1.54, 1.807) is 50.1 Å². The summed E-state index contributed by atoms with van der Waals surface area (Å²) in [5.74, 6) is -0.192. The molecule has 2 amide bonds. The first-order valence-electron chi connectivity index (χ1n) is 17.7. The van der Waals surface area contributed by atoms with E-state index in [4.69, 9.17) is 9.47 Å². The Kier molecular flexibility index (Phi) is 28.0. The van der Waals surface area contributed by atoms with E-state index in [0.29, 0.717) is 26.4 Å². The van der Waals surface area contributed by atoms with Crippen molar-refractivity contribution in [2.75, 3.05) is 54.6 Å². The van der Waals surface area contributed by atoms with Crippen LogP contribution in [0.4, 0.5) is 0 Å². The van der Waals surface area contributed by atoms with Crippen LogP contribution in [0.1, 0.15) is 142 Å². The minimum Gasteiger partial charge on any atom is -0.380 e. The van der Waals surface area contributed by atoms with Crippen molar-refractivity contribution in [3.63, 3.8) is 0 Å². The summed E-state index contributed by atoms with van der Waals surface area (Å²) in [4.78, 5) is 28.0. The average Bonchev–Trinajstić information content (AvgIpc) is 2.99. The third kappa shape index (κ3) is 25.4. The van der Waals surface area contributed by atoms with Gasteiger partial charge in [-0.1, -0.05) is 142 Å². The average molecular weight is 607 g/mol. The molecule has 0 aromatic rings. The third-order valence-corrected chi connectivity index (χ3v) is 8.02. The van der Waals surface area contributed by atoms with E-state index >= 15 is 0 Å². The van der Waals surface area contributed by atoms with Crippen molar-refractivity contribution in [1.82, 2.24) is 9.80 Å². The summed E-state index contributed by atoms with van der Waals surface area (Å²) in [5.41, 5.74) is -0.686. The Balaban J connectivity index is 4.87. The number of nitrogens with zero attached hydrogens (tertiary/aromatic N) is 2. The van der Waals surface area contributed by atoms with Crippen LogP contribution in [0, 0.1) is 5.41 Å². The number of carbonyl (C=O) groups excluding carboxylic acids is 2. The molecule has 6 heteroatoms. The van der Waals surface area contributed by atoms with Gasteiger partial charge in [-0.2, -0.15) is 0 Å². The summed E-state index contributed by atoms with van der Waals surface area (Å²) in [5, 5.41) is 0. The lowest BCUT2D eigenvalue weighted by molar-refractivity contribution is -0.124. The van der Waals surface area contributed by atoms with Crippen LogP contribution in [0.5, 0.6) is 0 Å². The number of hydrogen-bond acceptors (Lipinski definition) is 4. The van der Waals surface area contributed by atoms with E-state index < -0.39 is 5.41 Å². The molecule has 0 rings (SSSR count). The number of rotatable bonds is 30. The van der Waals surface area contributed by atoms with Crippen molar-refractivity contribution < 1.29 is 19.1 Å². The number of likely N-dealkylation sites (N-methyl/N-ethyl adjacent to an activating group) is 2. The molecule has 0 N–H and O–H groups in total. The van der Waals surface area contributed by atoms with Crippen LogP contribution in [-0.4, -0.2) is 76.2 Å². The maximum Gasteiger partial charge on any atom is 0.245 e. The minimum absolute atomic E-state index is 0.0962. The quantitative estimate of drug-likeness (QED) is 0.0604. The molecule has 43 heavy (non-hydrogen) atoms. The fourth-order valence-electron chi connectivity index (χ4n) is 4.97. The second kappa shape index (κ2) is 29.1. The lowest BCUT2D eigenvalue weighted by Crippen LogP contribution is -2.31. The fourth-order valence-corrected chi connectivity index (χ4v) is 4.97. The largest absolute Gasteiger partial charge is 0.380 e. The monoisotopic (exact) mass is 607 g/mol. The van der Waals surface area contributed by atoms with E-state index in [-0.39, 0.29) is 11.8 Å². The molecule has 0 heterocycles. The van der Waals surface area contributed by atoms with E-state index in [1.165, 1.54) is 116 Å². The zero-order valence-corrected chi connectivity index (χ0v) is 29.3. The predicted octanol–water partition coefficient (Wildman–Crippen LogP) is 9.14. The standard InChI is InChI=1S/C37H70N2O4/c1-7-9-11-13-15-17-19-21-23-25-31-42-33-37(29-27-35(40)38(3)4,30-28-36(41)39(5)6)34-43-32-26-24-22-20-18-16-14-12-10-8-2/h27-30H,7-26,31-34H2,1-6H3. The highest BCUT2D eigenvalue weighted by Gasteiger charge is 2.26. The number of ether oxygens (including phenoxy) is 2. The first-order valence-corrected chi connectivity index (χ1v) is 17.7. The highest BCUT2D eigenvalue weighted by molar-refractivity contribution is 5.88. The molecule has 0 aliphatic rings. The van der Waals surface area contributed by atoms with Gasteiger partial charge in [0.25, 0.3) is 0 Å². The van der Waals surface area contributed by atoms with Crippen LogP contribution in [0.25, 0.3) is 0 Å². The molecule has 0 aliphatic carbocycles. The Bertz CT molecular complexity index is 657. The summed E-state index contributed by atoms with van der Waals surface area (Å²) in [7, 11) is 6.96. The van der Waals surface area contributed by atoms with Crippen molar-refractivity contribution in [3.05, 3.63) is 24.3 Å². The normalized spacial score (nSPS) is 12.0. The molecule has 252 valence electrons. The van der Waals surface area contributed by atoms with E-state index in [9.17, 15) is 9.59 Å². The van der Waals surface area contributed by atoms with Crippen LogP contribution in [-0.2, 0) is 19.1 Å². The molecule has 0 radical (unpaired) electrons. The smallest absolute Gasteiger partial charge is 0.245 e. The number of carbonyl (C=O) groups is 2. The van der Waals surface area contributed by atoms with Crippen LogP contribution in [0.3, 0.4) is 0 Å². The fraction of sp³-hybridized carbons (Fsp3) is 0.838. The molecule has 0 aromatic heterocycles. The summed E-state index contributed by atoms with van der Waals surface area (Å²) < 4.78 is 12.4. The van der Waals surface area contributed by atoms with E-state index in [1.807, 2.05) is 12.2 Å². The molecule has 0 saturated heterocycles. The van der Waals surface area contributed by atoms with Crippen molar-refractivity contribution in [1.29, 1.82) is 0 Å². The van der Waals surface area contributed by atoms with Crippen molar-refractivity contribution in [3.8, 4) is 0 Å². The lowest BCUT2D eigenvalue weighted by atomic mass is 9.88. The van der Waals surface area contributed by atoms with Gasteiger partial charge in [0.2, 0.25) is 11.8 Å². The van der Waals surface area contributed by atoms with Gasteiger partial charge in [-0.15, -0.1) is 0 Å². The molecule has 0 unspecified atom stereocenters. The molecule has 0 aliphatic heterocycles. The molecular weight excluding hydrogens is 536 g/mol. The highest BCUT2D eigenvalue weighted by Crippen LogP contribution is 2.24. The summed E-state index contributed by atoms with van der Waals surface area (Å²) in [6.45, 7) is 6.60. The Morgan fingerprint density at radius 3 is 1.05 bits per heavy atom. The van der Waals surface area contributed by atoms with Gasteiger partial charge < -0.3 is 19.3 Å². The van der Waals surface area contributed by atoms with E-state index in [0.717, 1.165) is 12.8 Å². The Labute approximate surface area is 267 Å². The maximum absolute atomic E-state index is 12.4. The molecule has 0 fully saturated rings. The summed E-state index contributed by atoms with van der Waals surface area (Å²) >= 11 is 0. The van der Waals surface area contributed by atoms with E-state index in [2.05, 4.69) is 13.8 Å². The SMILES string of the molecule is CCCCCCCCCCCCOCC(C=CC(=O)N(C)C)(C=CC(=O)N(C)C)COCCCCCCCCCCCC. The predicted molar refractivity (Wildman–Crippen MR) is 183 cm³/mol. The number of unbranched alkanes of at least 4 members (excludes halogenated alkanes) is 18. The van der Waals surface area contributed by atoms with Crippen molar-refractivity contribution in [2.45, 2.75) is 142 Å². The van der Waals surface area contributed by atoms with Gasteiger partial charge in [-0.3, -0.25) is 9.59 Å². The first-order chi connectivity index (χ1) is 20.8. The van der Waals surface area contributed by atoms with Gasteiger partial charge in [-0.05, 0) is 12.8 Å². The second-order valence-electron chi connectivity index (χ2n) is 12.8. The van der Waals surface area contributed by atoms with Crippen LogP contribution in [0.2, 0.25) is 0 Å². The van der Waals surface area contributed by atoms with Crippen LogP contribution >= 0.6 is 0 Å². The van der Waals surface area contributed by atoms with Gasteiger partial charge in [0.1, 0.15) is 0 Å². The van der Waals surface area contributed by atoms with Gasteiger partial charge in [0.05, 0.1) is 18.6 Å². The number of hydrogen-bond donors (Lipinski definition) is 0. The highest BCUT2D eigenvalue weighted by atomic mass is 16.5. The van der Waals surface area contributed by atoms with Crippen LogP contribution in [0.15, 0.2) is 24.3 Å². The first kappa shape index (κ1) is 41.3. The lowest BCUT2D eigenvalue weighted by Gasteiger charge is -2.28. The minimum atomic E-state index is -0.686. The molecular formula is C37H70N2O4. The molecule has 0 aromatic carbocycles.